The first-order chi connectivity index (χ1) is 6.77. The molecule has 1 atom stereocenters. The summed E-state index contributed by atoms with van der Waals surface area (Å²) in [5, 5.41) is 0. The molecule has 1 amide bonds. The molecular formula is C9H11N3O2. The van der Waals surface area contributed by atoms with Crippen LogP contribution >= 0.6 is 0 Å². The molecule has 0 aromatic carbocycles. The third-order valence-corrected chi connectivity index (χ3v) is 2.32. The van der Waals surface area contributed by atoms with Crippen molar-refractivity contribution in [3.8, 4) is 0 Å². The molecule has 0 N–H and O–H groups in total. The van der Waals surface area contributed by atoms with Gasteiger partial charge in [-0.05, 0) is 6.07 Å². The molecular weight excluding hydrogens is 182 g/mol. The van der Waals surface area contributed by atoms with Gasteiger partial charge < -0.3 is 9.64 Å². The fourth-order valence-corrected chi connectivity index (χ4v) is 1.41. The van der Waals surface area contributed by atoms with Crippen molar-refractivity contribution in [1.29, 1.82) is 0 Å². The maximum absolute atomic E-state index is 11.0. The highest BCUT2D eigenvalue weighted by Crippen LogP contribution is 2.13. The van der Waals surface area contributed by atoms with Crippen LogP contribution in [0.4, 0.5) is 4.79 Å². The van der Waals surface area contributed by atoms with Gasteiger partial charge in [0.05, 0.1) is 6.04 Å². The summed E-state index contributed by atoms with van der Waals surface area (Å²) in [7, 11) is 1.74. The lowest BCUT2D eigenvalue weighted by Crippen LogP contribution is -2.31. The summed E-state index contributed by atoms with van der Waals surface area (Å²) >= 11 is 0. The van der Waals surface area contributed by atoms with Gasteiger partial charge in [-0.3, -0.25) is 0 Å². The van der Waals surface area contributed by atoms with E-state index in [1.807, 2.05) is 6.07 Å². The van der Waals surface area contributed by atoms with Crippen LogP contribution in [0, 0.1) is 0 Å². The van der Waals surface area contributed by atoms with E-state index in [2.05, 4.69) is 9.97 Å². The highest BCUT2D eigenvalue weighted by Gasteiger charge is 2.29. The van der Waals surface area contributed by atoms with Gasteiger partial charge in [0.15, 0.2) is 0 Å². The minimum absolute atomic E-state index is 0.0948. The van der Waals surface area contributed by atoms with Crippen molar-refractivity contribution in [2.45, 2.75) is 12.5 Å². The number of likely N-dealkylation sites (N-methyl/N-ethyl adjacent to an activating group) is 1. The first-order valence-corrected chi connectivity index (χ1v) is 4.42. The van der Waals surface area contributed by atoms with Gasteiger partial charge in [-0.2, -0.15) is 0 Å². The summed E-state index contributed by atoms with van der Waals surface area (Å²) < 4.78 is 4.89. The summed E-state index contributed by atoms with van der Waals surface area (Å²) in [6.45, 7) is 0.444. The predicted molar refractivity (Wildman–Crippen MR) is 48.6 cm³/mol. The van der Waals surface area contributed by atoms with Crippen LogP contribution in [0.15, 0.2) is 18.6 Å². The Hall–Kier alpha value is -1.65. The number of hydrogen-bond donors (Lipinski definition) is 0. The monoisotopic (exact) mass is 193 g/mol. The lowest BCUT2D eigenvalue weighted by atomic mass is 10.1. The minimum Gasteiger partial charge on any atom is -0.447 e. The van der Waals surface area contributed by atoms with Crippen LogP contribution < -0.4 is 0 Å². The molecule has 0 radical (unpaired) electrons. The molecule has 0 spiro atoms. The zero-order chi connectivity index (χ0) is 9.97. The van der Waals surface area contributed by atoms with Crippen LogP contribution in [0.5, 0.6) is 0 Å². The van der Waals surface area contributed by atoms with Crippen molar-refractivity contribution in [3.05, 3.63) is 24.3 Å². The Kier molecular flexibility index (Phi) is 2.30. The van der Waals surface area contributed by atoms with E-state index in [0.717, 1.165) is 5.69 Å². The number of amides is 1. The Morgan fingerprint density at radius 3 is 3.14 bits per heavy atom. The van der Waals surface area contributed by atoms with Crippen LogP contribution in [0.25, 0.3) is 0 Å². The normalized spacial score (nSPS) is 21.1. The van der Waals surface area contributed by atoms with Crippen molar-refractivity contribution >= 4 is 6.09 Å². The molecule has 1 aromatic heterocycles. The molecule has 2 heterocycles. The Labute approximate surface area is 81.7 Å². The second-order valence-electron chi connectivity index (χ2n) is 3.25. The molecule has 1 aliphatic rings. The average Bonchev–Trinajstić information content (AvgIpc) is 2.52. The molecule has 5 nitrogen and oxygen atoms in total. The van der Waals surface area contributed by atoms with Crippen molar-refractivity contribution in [2.24, 2.45) is 0 Å². The Morgan fingerprint density at radius 1 is 1.71 bits per heavy atom. The zero-order valence-electron chi connectivity index (χ0n) is 7.88. The molecule has 0 aliphatic carbocycles. The smallest absolute Gasteiger partial charge is 0.409 e. The Balaban J connectivity index is 2.02. The van der Waals surface area contributed by atoms with Crippen molar-refractivity contribution in [1.82, 2.24) is 14.9 Å². The molecule has 14 heavy (non-hydrogen) atoms. The quantitative estimate of drug-likeness (QED) is 0.685. The van der Waals surface area contributed by atoms with Crippen LogP contribution in [-0.4, -0.2) is 40.7 Å². The van der Waals surface area contributed by atoms with E-state index in [4.69, 9.17) is 4.74 Å². The highest BCUT2D eigenvalue weighted by atomic mass is 16.6. The van der Waals surface area contributed by atoms with Crippen molar-refractivity contribution < 1.29 is 9.53 Å². The van der Waals surface area contributed by atoms with Crippen molar-refractivity contribution in [2.75, 3.05) is 13.7 Å². The minimum atomic E-state index is -0.260. The van der Waals surface area contributed by atoms with Crippen LogP contribution in [0.1, 0.15) is 5.69 Å². The number of cyclic esters (lactones) is 1. The molecule has 1 fully saturated rings. The number of rotatable bonds is 2. The summed E-state index contributed by atoms with van der Waals surface area (Å²) in [5.74, 6) is 0. The van der Waals surface area contributed by atoms with Gasteiger partial charge in [0.25, 0.3) is 0 Å². The number of aromatic nitrogens is 2. The van der Waals surface area contributed by atoms with Gasteiger partial charge >= 0.3 is 6.09 Å². The first-order valence-electron chi connectivity index (χ1n) is 4.42. The maximum atomic E-state index is 11.0. The van der Waals surface area contributed by atoms with Crippen LogP contribution in [0.2, 0.25) is 0 Å². The van der Waals surface area contributed by atoms with E-state index in [9.17, 15) is 4.79 Å². The molecule has 1 aliphatic heterocycles. The van der Waals surface area contributed by atoms with E-state index in [1.54, 1.807) is 18.1 Å². The molecule has 5 heteroatoms. The third-order valence-electron chi connectivity index (χ3n) is 2.32. The van der Waals surface area contributed by atoms with E-state index in [1.165, 1.54) is 6.33 Å². The topological polar surface area (TPSA) is 55.3 Å². The zero-order valence-corrected chi connectivity index (χ0v) is 7.88. The second kappa shape index (κ2) is 3.61. The van der Waals surface area contributed by atoms with Crippen LogP contribution in [0.3, 0.4) is 0 Å². The Morgan fingerprint density at radius 2 is 2.57 bits per heavy atom. The summed E-state index contributed by atoms with van der Waals surface area (Å²) in [4.78, 5) is 20.6. The van der Waals surface area contributed by atoms with Gasteiger partial charge in [-0.1, -0.05) is 0 Å². The van der Waals surface area contributed by atoms with Gasteiger partial charge in [-0.15, -0.1) is 0 Å². The van der Waals surface area contributed by atoms with Gasteiger partial charge in [-0.25, -0.2) is 14.8 Å². The molecule has 0 saturated carbocycles. The van der Waals surface area contributed by atoms with E-state index in [-0.39, 0.29) is 12.1 Å². The van der Waals surface area contributed by atoms with E-state index < -0.39 is 0 Å². The largest absolute Gasteiger partial charge is 0.447 e. The number of hydrogen-bond acceptors (Lipinski definition) is 4. The van der Waals surface area contributed by atoms with Gasteiger partial charge in [0.2, 0.25) is 0 Å². The van der Waals surface area contributed by atoms with Gasteiger partial charge in [0.1, 0.15) is 12.9 Å². The van der Waals surface area contributed by atoms with E-state index in [0.29, 0.717) is 13.0 Å². The molecule has 1 aromatic rings. The molecule has 0 bridgehead atoms. The third kappa shape index (κ3) is 1.66. The number of carbonyl (C=O) groups is 1. The standard InChI is InChI=1S/C9H11N3O2/c1-12-8(5-14-9(12)13)4-7-2-3-10-6-11-7/h2-3,6,8H,4-5H2,1H3. The molecule has 1 unspecified atom stereocenters. The summed E-state index contributed by atoms with van der Waals surface area (Å²) in [6.07, 6.45) is 3.65. The maximum Gasteiger partial charge on any atom is 0.409 e. The average molecular weight is 193 g/mol. The molecule has 74 valence electrons. The Bertz CT molecular complexity index is 328. The molecule has 2 rings (SSSR count). The number of nitrogens with zero attached hydrogens (tertiary/aromatic N) is 3. The lowest BCUT2D eigenvalue weighted by Gasteiger charge is -2.14. The highest BCUT2D eigenvalue weighted by molar-refractivity contribution is 5.69. The van der Waals surface area contributed by atoms with Crippen LogP contribution in [-0.2, 0) is 11.2 Å². The molecule has 1 saturated heterocycles. The van der Waals surface area contributed by atoms with Crippen molar-refractivity contribution in [3.63, 3.8) is 0 Å². The first kappa shape index (κ1) is 8.93. The number of carbonyl (C=O) groups excluding carboxylic acids is 1. The lowest BCUT2D eigenvalue weighted by molar-refractivity contribution is 0.163. The summed E-state index contributed by atoms with van der Waals surface area (Å²) in [6, 6.07) is 1.94. The van der Waals surface area contributed by atoms with E-state index >= 15 is 0 Å². The SMILES string of the molecule is CN1C(=O)OCC1Cc1ccncn1. The fourth-order valence-electron chi connectivity index (χ4n) is 1.41. The number of ether oxygens (including phenoxy) is 1. The fraction of sp³-hybridized carbons (Fsp3) is 0.444. The predicted octanol–water partition coefficient (Wildman–Crippen LogP) is 0.470. The summed E-state index contributed by atoms with van der Waals surface area (Å²) in [5.41, 5.74) is 0.926. The van der Waals surface area contributed by atoms with Gasteiger partial charge in [0, 0.05) is 25.4 Å². The second-order valence-corrected chi connectivity index (χ2v) is 3.25.